The maximum Gasteiger partial charge on any atom is 0.307 e. The van der Waals surface area contributed by atoms with Crippen LogP contribution < -0.4 is 0 Å². The van der Waals surface area contributed by atoms with Crippen molar-refractivity contribution in [2.75, 3.05) is 20.5 Å². The Hall–Kier alpha value is -1.47. The number of carbonyl (C=O) groups excluding carboxylic acids is 2. The van der Waals surface area contributed by atoms with Crippen LogP contribution in [0.15, 0.2) is 0 Å². The molecule has 0 saturated heterocycles. The van der Waals surface area contributed by atoms with Gasteiger partial charge in [-0.1, -0.05) is 46.5 Å². The summed E-state index contributed by atoms with van der Waals surface area (Å²) in [4.78, 5) is 37.3. The van der Waals surface area contributed by atoms with Crippen molar-refractivity contribution in [1.29, 1.82) is 0 Å². The van der Waals surface area contributed by atoms with Crippen LogP contribution in [0.2, 0.25) is 0 Å². The van der Waals surface area contributed by atoms with Gasteiger partial charge >= 0.3 is 11.9 Å². The quantitative estimate of drug-likeness (QED) is 0.179. The van der Waals surface area contributed by atoms with E-state index in [0.29, 0.717) is 37.1 Å². The van der Waals surface area contributed by atoms with Crippen molar-refractivity contribution in [3.8, 4) is 0 Å². The molecular formula is C30H50O7. The summed E-state index contributed by atoms with van der Waals surface area (Å²) < 4.78 is 15.8. The van der Waals surface area contributed by atoms with Crippen LogP contribution in [0, 0.1) is 40.4 Å². The molecule has 212 valence electrons. The van der Waals surface area contributed by atoms with Crippen LogP contribution >= 0.6 is 0 Å². The zero-order chi connectivity index (χ0) is 27.2. The highest BCUT2D eigenvalue weighted by atomic mass is 16.7. The van der Waals surface area contributed by atoms with Gasteiger partial charge in [-0.3, -0.25) is 14.4 Å². The highest BCUT2D eigenvalue weighted by Crippen LogP contribution is 2.62. The third kappa shape index (κ3) is 6.76. The number of hydrogen-bond donors (Lipinski definition) is 1. The number of carboxylic acids is 1. The first kappa shape index (κ1) is 30.1. The van der Waals surface area contributed by atoms with Crippen molar-refractivity contribution >= 4 is 17.7 Å². The van der Waals surface area contributed by atoms with Gasteiger partial charge in [0.15, 0.2) is 0 Å². The van der Waals surface area contributed by atoms with E-state index >= 15 is 0 Å². The molecule has 0 aromatic carbocycles. The van der Waals surface area contributed by atoms with Crippen molar-refractivity contribution in [3.63, 3.8) is 0 Å². The lowest BCUT2D eigenvalue weighted by molar-refractivity contribution is -0.167. The van der Waals surface area contributed by atoms with E-state index in [0.717, 1.165) is 51.4 Å². The Bertz CT molecular complexity index is 797. The minimum atomic E-state index is -0.805. The zero-order valence-corrected chi connectivity index (χ0v) is 23.8. The van der Waals surface area contributed by atoms with Gasteiger partial charge in [-0.15, -0.1) is 0 Å². The van der Waals surface area contributed by atoms with Crippen molar-refractivity contribution in [3.05, 3.63) is 0 Å². The minimum absolute atomic E-state index is 0.0240. The number of rotatable bonds is 13. The van der Waals surface area contributed by atoms with Gasteiger partial charge in [-0.05, 0) is 74.0 Å². The molecule has 0 heterocycles. The molecule has 1 N–H and O–H groups in total. The van der Waals surface area contributed by atoms with Gasteiger partial charge in [0.25, 0.3) is 0 Å². The van der Waals surface area contributed by atoms with E-state index in [9.17, 15) is 19.5 Å². The molecule has 3 aliphatic rings. The third-order valence-corrected chi connectivity index (χ3v) is 10.4. The second kappa shape index (κ2) is 13.1. The molecule has 3 rings (SSSR count). The molecule has 0 amide bonds. The Morgan fingerprint density at radius 3 is 2.35 bits per heavy atom. The first-order valence-electron chi connectivity index (χ1n) is 14.5. The number of ketones is 1. The van der Waals surface area contributed by atoms with Gasteiger partial charge in [-0.2, -0.15) is 0 Å². The summed E-state index contributed by atoms with van der Waals surface area (Å²) in [7, 11) is 1.57. The Morgan fingerprint density at radius 1 is 1.00 bits per heavy atom. The van der Waals surface area contributed by atoms with Crippen molar-refractivity contribution < 1.29 is 33.7 Å². The maximum atomic E-state index is 14.0. The molecule has 0 aliphatic heterocycles. The van der Waals surface area contributed by atoms with Crippen LogP contribution in [-0.2, 0) is 28.6 Å². The summed E-state index contributed by atoms with van der Waals surface area (Å²) in [5, 5.41) is 10.1. The SMILES string of the molecule is COCOC1CCC(C)(C2CCC3(C)C(CCC3C(C)CCCCCCOC(C)=O)C2=O)C(C(=O)O)C1. The molecule has 3 aliphatic carbocycles. The largest absolute Gasteiger partial charge is 0.481 e. The molecule has 3 fully saturated rings. The zero-order valence-electron chi connectivity index (χ0n) is 23.8. The molecule has 0 radical (unpaired) electrons. The van der Waals surface area contributed by atoms with Crippen LogP contribution in [-0.4, -0.2) is 49.4 Å². The average molecular weight is 523 g/mol. The lowest BCUT2D eigenvalue weighted by Crippen LogP contribution is -2.53. The third-order valence-electron chi connectivity index (χ3n) is 10.4. The molecule has 8 unspecified atom stereocenters. The number of ether oxygens (including phenoxy) is 3. The molecular weight excluding hydrogens is 472 g/mol. The number of hydrogen-bond acceptors (Lipinski definition) is 6. The molecule has 37 heavy (non-hydrogen) atoms. The molecule has 3 saturated carbocycles. The normalized spacial score (nSPS) is 36.7. The second-order valence-electron chi connectivity index (χ2n) is 12.6. The predicted molar refractivity (Wildman–Crippen MR) is 141 cm³/mol. The van der Waals surface area contributed by atoms with Crippen LogP contribution in [0.5, 0.6) is 0 Å². The number of esters is 1. The lowest BCUT2D eigenvalue weighted by Gasteiger charge is -2.52. The first-order chi connectivity index (χ1) is 17.5. The van der Waals surface area contributed by atoms with Crippen LogP contribution in [0.3, 0.4) is 0 Å². The van der Waals surface area contributed by atoms with Crippen LogP contribution in [0.1, 0.15) is 105 Å². The molecule has 0 spiro atoms. The molecule has 7 nitrogen and oxygen atoms in total. The molecule has 0 aromatic rings. The van der Waals surface area contributed by atoms with Crippen LogP contribution in [0.25, 0.3) is 0 Å². The summed E-state index contributed by atoms with van der Waals surface area (Å²) in [6.07, 6.45) is 11.1. The number of fused-ring (bicyclic) bond motifs is 1. The van der Waals surface area contributed by atoms with Crippen molar-refractivity contribution in [2.24, 2.45) is 40.4 Å². The minimum Gasteiger partial charge on any atom is -0.481 e. The van der Waals surface area contributed by atoms with Crippen molar-refractivity contribution in [1.82, 2.24) is 0 Å². The number of Topliss-reactive ketones (excluding diaryl/α,β-unsaturated/α-hetero) is 1. The van der Waals surface area contributed by atoms with E-state index in [2.05, 4.69) is 20.8 Å². The molecule has 0 bridgehead atoms. The summed E-state index contributed by atoms with van der Waals surface area (Å²) in [5.74, 6) is -0.263. The van der Waals surface area contributed by atoms with E-state index < -0.39 is 17.3 Å². The van der Waals surface area contributed by atoms with Gasteiger partial charge in [0, 0.05) is 25.9 Å². The average Bonchev–Trinajstić information content (AvgIpc) is 3.20. The van der Waals surface area contributed by atoms with E-state index in [1.165, 1.54) is 19.8 Å². The molecule has 7 heteroatoms. The second-order valence-corrected chi connectivity index (χ2v) is 12.6. The lowest BCUT2D eigenvalue weighted by atomic mass is 9.51. The first-order valence-corrected chi connectivity index (χ1v) is 14.5. The Morgan fingerprint density at radius 2 is 1.68 bits per heavy atom. The Labute approximate surface area is 223 Å². The van der Waals surface area contributed by atoms with E-state index in [4.69, 9.17) is 14.2 Å². The summed E-state index contributed by atoms with van der Waals surface area (Å²) in [5.41, 5.74) is -0.497. The summed E-state index contributed by atoms with van der Waals surface area (Å²) in [6.45, 7) is 8.88. The fraction of sp³-hybridized carbons (Fsp3) is 0.900. The monoisotopic (exact) mass is 522 g/mol. The highest BCUT2D eigenvalue weighted by Gasteiger charge is 2.60. The number of carboxylic acid groups (broad SMARTS) is 1. The maximum absolute atomic E-state index is 14.0. The number of aliphatic carboxylic acids is 1. The number of unbranched alkanes of at least 4 members (excludes halogenated alkanes) is 3. The van der Waals surface area contributed by atoms with Gasteiger partial charge in [0.05, 0.1) is 18.6 Å². The fourth-order valence-corrected chi connectivity index (χ4v) is 8.27. The van der Waals surface area contributed by atoms with Gasteiger partial charge in [0.1, 0.15) is 12.6 Å². The standard InChI is InChI=1S/C30H50O7/c1-20(10-8-6-7-9-17-36-21(2)31)23-11-12-24-27(32)25(14-16-29(23,24)3)30(4)15-13-22(37-19-35-5)18-26(30)28(33)34/h20,22-26H,6-19H2,1-5H3,(H,33,34). The van der Waals surface area contributed by atoms with Crippen LogP contribution in [0.4, 0.5) is 0 Å². The Kier molecular flexibility index (Phi) is 10.6. The Balaban J connectivity index is 1.58. The molecule has 8 atom stereocenters. The van der Waals surface area contributed by atoms with Gasteiger partial charge < -0.3 is 19.3 Å². The molecule has 0 aromatic heterocycles. The number of methoxy groups -OCH3 is 1. The smallest absolute Gasteiger partial charge is 0.307 e. The highest BCUT2D eigenvalue weighted by molar-refractivity contribution is 5.87. The fourth-order valence-electron chi connectivity index (χ4n) is 8.27. The van der Waals surface area contributed by atoms with E-state index in [-0.39, 0.29) is 36.1 Å². The van der Waals surface area contributed by atoms with E-state index in [1.807, 2.05) is 0 Å². The summed E-state index contributed by atoms with van der Waals surface area (Å²) in [6, 6.07) is 0. The number of carbonyl (C=O) groups is 3. The van der Waals surface area contributed by atoms with E-state index in [1.54, 1.807) is 7.11 Å². The van der Waals surface area contributed by atoms with Gasteiger partial charge in [0.2, 0.25) is 0 Å². The van der Waals surface area contributed by atoms with Gasteiger partial charge in [-0.25, -0.2) is 0 Å². The topological polar surface area (TPSA) is 99.1 Å². The van der Waals surface area contributed by atoms with Crippen molar-refractivity contribution in [2.45, 2.75) is 111 Å². The summed E-state index contributed by atoms with van der Waals surface area (Å²) >= 11 is 0. The predicted octanol–water partition coefficient (Wildman–Crippen LogP) is 6.03.